The third-order valence-electron chi connectivity index (χ3n) is 1.14. The maximum atomic E-state index is 11.0. The van der Waals surface area contributed by atoms with E-state index in [0.717, 1.165) is 6.42 Å². The third kappa shape index (κ3) is 6.65. The normalized spacial score (nSPS) is 11.8. The van der Waals surface area contributed by atoms with Gasteiger partial charge >= 0.3 is 0 Å². The van der Waals surface area contributed by atoms with E-state index >= 15 is 0 Å². The molecule has 3 nitrogen and oxygen atoms in total. The van der Waals surface area contributed by atoms with E-state index in [9.17, 15) is 8.42 Å². The lowest BCUT2D eigenvalue weighted by Crippen LogP contribution is -2.27. The van der Waals surface area contributed by atoms with Crippen LogP contribution in [0.5, 0.6) is 0 Å². The molecule has 0 aliphatic rings. The molecule has 0 amide bonds. The van der Waals surface area contributed by atoms with Crippen molar-refractivity contribution < 1.29 is 8.42 Å². The summed E-state index contributed by atoms with van der Waals surface area (Å²) in [6.45, 7) is 2.47. The first kappa shape index (κ1) is 11.3. The van der Waals surface area contributed by atoms with Crippen LogP contribution in [0.15, 0.2) is 0 Å². The van der Waals surface area contributed by atoms with Gasteiger partial charge in [0.2, 0.25) is 10.0 Å². The summed E-state index contributed by atoms with van der Waals surface area (Å²) in [7, 11) is -3.00. The molecule has 0 fully saturated rings. The van der Waals surface area contributed by atoms with Crippen LogP contribution in [0.3, 0.4) is 0 Å². The van der Waals surface area contributed by atoms with Crippen molar-refractivity contribution in [1.82, 2.24) is 4.72 Å². The largest absolute Gasteiger partial charge is 0.215 e. The average Bonchev–Trinajstić information content (AvgIpc) is 1.97. The summed E-state index contributed by atoms with van der Waals surface area (Å²) < 4.78 is 24.5. The minimum atomic E-state index is -3.00. The zero-order valence-electron chi connectivity index (χ0n) is 6.71. The van der Waals surface area contributed by atoms with Gasteiger partial charge in [0.25, 0.3) is 0 Å². The fourth-order valence-electron chi connectivity index (χ4n) is 0.584. The lowest BCUT2D eigenvalue weighted by molar-refractivity contribution is 0.579. The molecule has 11 heavy (non-hydrogen) atoms. The van der Waals surface area contributed by atoms with Crippen LogP contribution in [0.2, 0.25) is 0 Å². The van der Waals surface area contributed by atoms with E-state index in [1.165, 1.54) is 0 Å². The molecule has 0 aliphatic heterocycles. The zero-order chi connectivity index (χ0) is 8.74. The van der Waals surface area contributed by atoms with Crippen LogP contribution in [0.25, 0.3) is 0 Å². The molecule has 0 radical (unpaired) electrons. The molecule has 0 bridgehead atoms. The van der Waals surface area contributed by atoms with Crippen LogP contribution < -0.4 is 4.72 Å². The Balaban J connectivity index is 3.63. The fourth-order valence-corrected chi connectivity index (χ4v) is 2.14. The molecule has 5 heteroatoms. The highest BCUT2D eigenvalue weighted by Gasteiger charge is 2.06. The smallest absolute Gasteiger partial charge is 0.211 e. The molecular formula is C6H15NO2S2. The van der Waals surface area contributed by atoms with Gasteiger partial charge < -0.3 is 0 Å². The molecule has 0 aromatic rings. The maximum Gasteiger partial charge on any atom is 0.211 e. The molecule has 0 saturated heterocycles. The van der Waals surface area contributed by atoms with Crippen LogP contribution in [0.1, 0.15) is 19.8 Å². The Morgan fingerprint density at radius 2 is 2.09 bits per heavy atom. The topological polar surface area (TPSA) is 46.2 Å². The lowest BCUT2D eigenvalue weighted by atomic mass is 10.5. The second-order valence-electron chi connectivity index (χ2n) is 2.29. The molecule has 0 unspecified atom stereocenters. The molecule has 0 spiro atoms. The summed E-state index contributed by atoms with van der Waals surface area (Å²) in [5.41, 5.74) is 0. The quantitative estimate of drug-likeness (QED) is 0.614. The zero-order valence-corrected chi connectivity index (χ0v) is 8.42. The van der Waals surface area contributed by atoms with E-state index in [2.05, 4.69) is 17.4 Å². The van der Waals surface area contributed by atoms with Gasteiger partial charge in [-0.3, -0.25) is 0 Å². The van der Waals surface area contributed by atoms with Gasteiger partial charge in [0.15, 0.2) is 0 Å². The van der Waals surface area contributed by atoms with Gasteiger partial charge in [-0.1, -0.05) is 6.92 Å². The number of thiol groups is 1. The van der Waals surface area contributed by atoms with E-state index in [1.807, 2.05) is 6.92 Å². The highest BCUT2D eigenvalue weighted by atomic mass is 32.2. The van der Waals surface area contributed by atoms with Crippen LogP contribution in [0, 0.1) is 0 Å². The van der Waals surface area contributed by atoms with E-state index in [0.29, 0.717) is 18.7 Å². The predicted octanol–water partition coefficient (Wildman–Crippen LogP) is 0.636. The minimum absolute atomic E-state index is 0.191. The Morgan fingerprint density at radius 1 is 1.45 bits per heavy atom. The Bertz CT molecular complexity index is 163. The number of hydrogen-bond acceptors (Lipinski definition) is 3. The molecule has 1 N–H and O–H groups in total. The summed E-state index contributed by atoms with van der Waals surface area (Å²) in [5.74, 6) is 0.809. The van der Waals surface area contributed by atoms with Gasteiger partial charge in [-0.15, -0.1) is 0 Å². The van der Waals surface area contributed by atoms with Gasteiger partial charge in [-0.2, -0.15) is 12.6 Å². The van der Waals surface area contributed by atoms with Crippen molar-refractivity contribution in [3.05, 3.63) is 0 Å². The molecule has 0 aromatic carbocycles. The van der Waals surface area contributed by atoms with Crippen molar-refractivity contribution in [3.63, 3.8) is 0 Å². The SMILES string of the molecule is CCCNS(=O)(=O)CCCS. The summed E-state index contributed by atoms with van der Waals surface area (Å²) in [6, 6.07) is 0. The Morgan fingerprint density at radius 3 is 2.55 bits per heavy atom. The highest BCUT2D eigenvalue weighted by molar-refractivity contribution is 7.89. The second kappa shape index (κ2) is 5.85. The Kier molecular flexibility index (Phi) is 5.99. The Hall–Kier alpha value is 0.260. The predicted molar refractivity (Wildman–Crippen MR) is 50.6 cm³/mol. The van der Waals surface area contributed by atoms with Crippen molar-refractivity contribution >= 4 is 22.7 Å². The monoisotopic (exact) mass is 197 g/mol. The van der Waals surface area contributed by atoms with Crippen molar-refractivity contribution in [2.45, 2.75) is 19.8 Å². The van der Waals surface area contributed by atoms with E-state index in [1.54, 1.807) is 0 Å². The first-order valence-corrected chi connectivity index (χ1v) is 5.99. The first-order valence-electron chi connectivity index (χ1n) is 3.70. The molecular weight excluding hydrogens is 182 g/mol. The van der Waals surface area contributed by atoms with Gasteiger partial charge in [0, 0.05) is 6.54 Å². The van der Waals surface area contributed by atoms with Crippen molar-refractivity contribution in [2.75, 3.05) is 18.1 Å². The average molecular weight is 197 g/mol. The highest BCUT2D eigenvalue weighted by Crippen LogP contribution is 1.91. The second-order valence-corrected chi connectivity index (χ2v) is 4.66. The molecule has 0 saturated carbocycles. The number of sulfonamides is 1. The van der Waals surface area contributed by atoms with Crippen LogP contribution >= 0.6 is 12.6 Å². The van der Waals surface area contributed by atoms with E-state index in [4.69, 9.17) is 0 Å². The van der Waals surface area contributed by atoms with Gasteiger partial charge in [0.1, 0.15) is 0 Å². The molecule has 0 atom stereocenters. The lowest BCUT2D eigenvalue weighted by Gasteiger charge is -2.02. The van der Waals surface area contributed by atoms with Crippen LogP contribution in [0.4, 0.5) is 0 Å². The summed E-state index contributed by atoms with van der Waals surface area (Å²) >= 11 is 3.93. The number of hydrogen-bond donors (Lipinski definition) is 2. The summed E-state index contributed by atoms with van der Waals surface area (Å²) in [6.07, 6.45) is 1.45. The van der Waals surface area contributed by atoms with E-state index in [-0.39, 0.29) is 5.75 Å². The van der Waals surface area contributed by atoms with Crippen molar-refractivity contribution in [2.24, 2.45) is 0 Å². The minimum Gasteiger partial charge on any atom is -0.215 e. The number of nitrogens with one attached hydrogen (secondary N) is 1. The molecule has 0 rings (SSSR count). The molecule has 0 heterocycles. The van der Waals surface area contributed by atoms with Crippen molar-refractivity contribution in [3.8, 4) is 0 Å². The van der Waals surface area contributed by atoms with Crippen LogP contribution in [-0.2, 0) is 10.0 Å². The standard InChI is InChI=1S/C6H15NO2S2/c1-2-4-7-11(8,9)6-3-5-10/h7,10H,2-6H2,1H3. The first-order chi connectivity index (χ1) is 5.12. The summed E-state index contributed by atoms with van der Waals surface area (Å²) in [4.78, 5) is 0. The summed E-state index contributed by atoms with van der Waals surface area (Å²) in [5, 5.41) is 0. The molecule has 0 aliphatic carbocycles. The third-order valence-corrected chi connectivity index (χ3v) is 2.93. The van der Waals surface area contributed by atoms with Crippen molar-refractivity contribution in [1.29, 1.82) is 0 Å². The van der Waals surface area contributed by atoms with Gasteiger partial charge in [0.05, 0.1) is 5.75 Å². The maximum absolute atomic E-state index is 11.0. The molecule has 0 aromatic heterocycles. The molecule has 68 valence electrons. The van der Waals surface area contributed by atoms with Crippen LogP contribution in [-0.4, -0.2) is 26.5 Å². The fraction of sp³-hybridized carbons (Fsp3) is 1.00. The van der Waals surface area contributed by atoms with E-state index < -0.39 is 10.0 Å². The number of rotatable bonds is 6. The Labute approximate surface area is 74.0 Å². The van der Waals surface area contributed by atoms with Gasteiger partial charge in [-0.25, -0.2) is 13.1 Å². The van der Waals surface area contributed by atoms with Gasteiger partial charge in [-0.05, 0) is 18.6 Å².